The van der Waals surface area contributed by atoms with E-state index in [1.807, 2.05) is 0 Å². The Morgan fingerprint density at radius 3 is 2.08 bits per heavy atom. The van der Waals surface area contributed by atoms with Gasteiger partial charge in [0, 0.05) is 30.7 Å². The molecule has 0 N–H and O–H groups in total. The van der Waals surface area contributed by atoms with Crippen LogP contribution in [-0.2, 0) is 0 Å². The Bertz CT molecular complexity index is 181. The predicted molar refractivity (Wildman–Crippen MR) is 51.3 cm³/mol. The summed E-state index contributed by atoms with van der Waals surface area (Å²) in [7, 11) is 2.25. The summed E-state index contributed by atoms with van der Waals surface area (Å²) in [5, 5.41) is 0. The van der Waals surface area contributed by atoms with Crippen LogP contribution in [0.2, 0.25) is 0 Å². The molecule has 2 heterocycles. The van der Waals surface area contributed by atoms with E-state index in [0.29, 0.717) is 5.54 Å². The summed E-state index contributed by atoms with van der Waals surface area (Å²) in [6, 6.07) is 1.68. The van der Waals surface area contributed by atoms with Crippen molar-refractivity contribution < 1.29 is 0 Å². The van der Waals surface area contributed by atoms with Gasteiger partial charge >= 0.3 is 0 Å². The van der Waals surface area contributed by atoms with Crippen LogP contribution in [0, 0.1) is 0 Å². The quantitative estimate of drug-likeness (QED) is 0.536. The Kier molecular flexibility index (Phi) is 1.74. The first-order chi connectivity index (χ1) is 5.48. The molecule has 0 aromatic heterocycles. The minimum absolute atomic E-state index is 0.376. The Morgan fingerprint density at radius 2 is 1.75 bits per heavy atom. The highest BCUT2D eigenvalue weighted by molar-refractivity contribution is 5.02. The fourth-order valence-electron chi connectivity index (χ4n) is 2.69. The molecule has 2 rings (SSSR count). The van der Waals surface area contributed by atoms with Crippen molar-refractivity contribution in [2.45, 2.75) is 44.8 Å². The smallest absolute Gasteiger partial charge is 0.0244 e. The van der Waals surface area contributed by atoms with Crippen LogP contribution in [0.4, 0.5) is 0 Å². The fraction of sp³-hybridized carbons (Fsp3) is 1.00. The molecule has 1 unspecified atom stereocenters. The average molecular weight is 168 g/mol. The predicted octanol–water partition coefficient (Wildman–Crippen LogP) is 1.17. The molecule has 70 valence electrons. The van der Waals surface area contributed by atoms with Gasteiger partial charge in [-0.2, -0.15) is 0 Å². The Labute approximate surface area is 75.5 Å². The molecule has 0 radical (unpaired) electrons. The normalized spacial score (nSPS) is 38.0. The van der Waals surface area contributed by atoms with Crippen LogP contribution in [0.3, 0.4) is 0 Å². The SMILES string of the molecule is CN1CC2C[C@H]1CN2C(C)(C)C. The van der Waals surface area contributed by atoms with E-state index in [4.69, 9.17) is 0 Å². The number of hydrogen-bond donors (Lipinski definition) is 0. The summed E-state index contributed by atoms with van der Waals surface area (Å²) in [5.41, 5.74) is 0.376. The number of piperazine rings is 1. The standard InChI is InChI=1S/C10H20N2/c1-10(2,3)12-7-8-5-9(12)6-11(8)4/h8-9H,5-7H2,1-4H3/t8-,9?/m0/s1. The lowest BCUT2D eigenvalue weighted by Crippen LogP contribution is -2.52. The van der Waals surface area contributed by atoms with Crippen molar-refractivity contribution in [1.82, 2.24) is 9.80 Å². The van der Waals surface area contributed by atoms with Crippen molar-refractivity contribution in [1.29, 1.82) is 0 Å². The maximum Gasteiger partial charge on any atom is 0.0244 e. The molecule has 2 bridgehead atoms. The molecule has 2 atom stereocenters. The van der Waals surface area contributed by atoms with Gasteiger partial charge in [-0.1, -0.05) is 0 Å². The largest absolute Gasteiger partial charge is 0.301 e. The molecule has 2 heteroatoms. The second-order valence-corrected chi connectivity index (χ2v) is 5.31. The lowest BCUT2D eigenvalue weighted by Gasteiger charge is -2.41. The number of rotatable bonds is 0. The molecular formula is C10H20N2. The Morgan fingerprint density at radius 1 is 1.08 bits per heavy atom. The van der Waals surface area contributed by atoms with E-state index < -0.39 is 0 Å². The van der Waals surface area contributed by atoms with Gasteiger partial charge in [0.2, 0.25) is 0 Å². The van der Waals surface area contributed by atoms with Crippen LogP contribution in [0.1, 0.15) is 27.2 Å². The Hall–Kier alpha value is -0.0800. The second kappa shape index (κ2) is 2.46. The summed E-state index contributed by atoms with van der Waals surface area (Å²) in [4.78, 5) is 5.17. The van der Waals surface area contributed by atoms with E-state index in [9.17, 15) is 0 Å². The first kappa shape index (κ1) is 8.52. The number of nitrogens with zero attached hydrogens (tertiary/aromatic N) is 2. The minimum atomic E-state index is 0.376. The zero-order valence-electron chi connectivity index (χ0n) is 8.67. The zero-order valence-corrected chi connectivity index (χ0v) is 8.67. The van der Waals surface area contributed by atoms with Gasteiger partial charge in [-0.05, 0) is 34.2 Å². The van der Waals surface area contributed by atoms with Gasteiger partial charge in [0.25, 0.3) is 0 Å². The fourth-order valence-corrected chi connectivity index (χ4v) is 2.69. The molecule has 0 saturated carbocycles. The molecule has 0 aliphatic carbocycles. The summed E-state index contributed by atoms with van der Waals surface area (Å²) < 4.78 is 0. The molecule has 2 aliphatic rings. The van der Waals surface area contributed by atoms with Crippen LogP contribution in [0.5, 0.6) is 0 Å². The second-order valence-electron chi connectivity index (χ2n) is 5.31. The van der Waals surface area contributed by atoms with Crippen LogP contribution in [0.25, 0.3) is 0 Å². The molecule has 0 amide bonds. The molecule has 0 aromatic carbocycles. The molecule has 0 aromatic rings. The van der Waals surface area contributed by atoms with E-state index in [0.717, 1.165) is 12.1 Å². The monoisotopic (exact) mass is 168 g/mol. The van der Waals surface area contributed by atoms with Crippen molar-refractivity contribution in [2.75, 3.05) is 20.1 Å². The van der Waals surface area contributed by atoms with E-state index in [2.05, 4.69) is 37.6 Å². The number of likely N-dealkylation sites (tertiary alicyclic amines) is 2. The highest BCUT2D eigenvalue weighted by Gasteiger charge is 2.45. The van der Waals surface area contributed by atoms with Crippen LogP contribution in [0.15, 0.2) is 0 Å². The van der Waals surface area contributed by atoms with Gasteiger partial charge in [-0.25, -0.2) is 0 Å². The highest BCUT2D eigenvalue weighted by Crippen LogP contribution is 2.34. The van der Waals surface area contributed by atoms with Crippen LogP contribution >= 0.6 is 0 Å². The molecule has 2 fully saturated rings. The van der Waals surface area contributed by atoms with Gasteiger partial charge < -0.3 is 4.90 Å². The maximum atomic E-state index is 2.66. The molecule has 0 spiro atoms. The van der Waals surface area contributed by atoms with Gasteiger partial charge in [0.1, 0.15) is 0 Å². The number of hydrogen-bond acceptors (Lipinski definition) is 2. The van der Waals surface area contributed by atoms with Gasteiger partial charge in [0.05, 0.1) is 0 Å². The minimum Gasteiger partial charge on any atom is -0.301 e. The van der Waals surface area contributed by atoms with E-state index in [1.165, 1.54) is 19.5 Å². The third kappa shape index (κ3) is 1.17. The van der Waals surface area contributed by atoms with Crippen LogP contribution < -0.4 is 0 Å². The molecule has 2 nitrogen and oxygen atoms in total. The van der Waals surface area contributed by atoms with Gasteiger partial charge in [-0.15, -0.1) is 0 Å². The van der Waals surface area contributed by atoms with Crippen LogP contribution in [-0.4, -0.2) is 47.6 Å². The van der Waals surface area contributed by atoms with Crippen molar-refractivity contribution in [3.8, 4) is 0 Å². The van der Waals surface area contributed by atoms with Crippen molar-refractivity contribution >= 4 is 0 Å². The lowest BCUT2D eigenvalue weighted by atomic mass is 10.0. The topological polar surface area (TPSA) is 6.48 Å². The number of likely N-dealkylation sites (N-methyl/N-ethyl adjacent to an activating group) is 1. The van der Waals surface area contributed by atoms with Crippen molar-refractivity contribution in [3.63, 3.8) is 0 Å². The zero-order chi connectivity index (χ0) is 8.93. The summed E-state index contributed by atoms with van der Waals surface area (Å²) >= 11 is 0. The summed E-state index contributed by atoms with van der Waals surface area (Å²) in [6.07, 6.45) is 1.40. The lowest BCUT2D eigenvalue weighted by molar-refractivity contribution is 0.0677. The van der Waals surface area contributed by atoms with Gasteiger partial charge in [0.15, 0.2) is 0 Å². The average Bonchev–Trinajstić information content (AvgIpc) is 2.41. The molecule has 2 saturated heterocycles. The summed E-state index contributed by atoms with van der Waals surface area (Å²) in [6.45, 7) is 9.54. The van der Waals surface area contributed by atoms with Crippen molar-refractivity contribution in [2.24, 2.45) is 0 Å². The Balaban J connectivity index is 2.08. The first-order valence-corrected chi connectivity index (χ1v) is 4.95. The molecule has 2 aliphatic heterocycles. The molecular weight excluding hydrogens is 148 g/mol. The first-order valence-electron chi connectivity index (χ1n) is 4.95. The van der Waals surface area contributed by atoms with E-state index >= 15 is 0 Å². The third-order valence-corrected chi connectivity index (χ3v) is 3.38. The van der Waals surface area contributed by atoms with Crippen molar-refractivity contribution in [3.05, 3.63) is 0 Å². The van der Waals surface area contributed by atoms with E-state index in [-0.39, 0.29) is 0 Å². The summed E-state index contributed by atoms with van der Waals surface area (Å²) in [5.74, 6) is 0. The maximum absolute atomic E-state index is 2.66. The number of fused-ring (bicyclic) bond motifs is 2. The van der Waals surface area contributed by atoms with E-state index in [1.54, 1.807) is 0 Å². The highest BCUT2D eigenvalue weighted by atomic mass is 15.4. The molecule has 12 heavy (non-hydrogen) atoms. The third-order valence-electron chi connectivity index (χ3n) is 3.38. The van der Waals surface area contributed by atoms with Gasteiger partial charge in [-0.3, -0.25) is 4.90 Å².